The van der Waals surface area contributed by atoms with Crippen LogP contribution in [0.25, 0.3) is 10.9 Å². The third kappa shape index (κ3) is 2.36. The largest absolute Gasteiger partial charge is 0.348 e. The lowest BCUT2D eigenvalue weighted by Crippen LogP contribution is -2.36. The number of amides is 1. The van der Waals surface area contributed by atoms with Gasteiger partial charge in [-0.25, -0.2) is 0 Å². The number of aryl methyl sites for hydroxylation is 1. The van der Waals surface area contributed by atoms with Crippen LogP contribution < -0.4 is 10.6 Å². The Morgan fingerprint density at radius 1 is 1.42 bits per heavy atom. The molecule has 0 aliphatic heterocycles. The molecule has 1 amide bonds. The quantitative estimate of drug-likeness (QED) is 0.914. The minimum atomic E-state index is -0.107. The zero-order chi connectivity index (χ0) is 14.0. The summed E-state index contributed by atoms with van der Waals surface area (Å²) in [6, 6.07) is 8.09. The maximum Gasteiger partial charge on any atom is 0.231 e. The third-order valence-electron chi connectivity index (χ3n) is 3.69. The van der Waals surface area contributed by atoms with Crippen LogP contribution in [0.2, 0.25) is 0 Å². The summed E-state index contributed by atoms with van der Waals surface area (Å²) in [5.41, 5.74) is 7.73. The average molecular weight is 259 g/mol. The summed E-state index contributed by atoms with van der Waals surface area (Å²) < 4.78 is 2.04. The molecule has 0 spiro atoms. The highest BCUT2D eigenvalue weighted by Crippen LogP contribution is 2.28. The second-order valence-electron chi connectivity index (χ2n) is 4.88. The van der Waals surface area contributed by atoms with E-state index in [2.05, 4.69) is 6.07 Å². The van der Waals surface area contributed by atoms with E-state index >= 15 is 0 Å². The zero-order valence-corrected chi connectivity index (χ0v) is 11.8. The molecule has 0 saturated carbocycles. The summed E-state index contributed by atoms with van der Waals surface area (Å²) in [5, 5.41) is 1.09. The number of rotatable bonds is 4. The van der Waals surface area contributed by atoms with Gasteiger partial charge in [-0.2, -0.15) is 0 Å². The number of hydrogen-bond acceptors (Lipinski definition) is 2. The summed E-state index contributed by atoms with van der Waals surface area (Å²) in [6.45, 7) is 2.39. The standard InChI is InChI=1S/C15H21N3O/c1-4-11(9-16)15(19)18(3)14-10-17(2)13-8-6-5-7-12(13)14/h5-8,10-11H,4,9,16H2,1-3H3. The molecule has 0 saturated heterocycles. The van der Waals surface area contributed by atoms with Gasteiger partial charge in [-0.05, 0) is 12.5 Å². The molecule has 0 radical (unpaired) electrons. The van der Waals surface area contributed by atoms with Crippen molar-refractivity contribution in [3.05, 3.63) is 30.5 Å². The van der Waals surface area contributed by atoms with E-state index in [0.717, 1.165) is 23.0 Å². The summed E-state index contributed by atoms with van der Waals surface area (Å²) in [4.78, 5) is 14.1. The molecule has 4 nitrogen and oxygen atoms in total. The topological polar surface area (TPSA) is 51.3 Å². The number of para-hydroxylation sites is 1. The van der Waals surface area contributed by atoms with Crippen LogP contribution in [0.1, 0.15) is 13.3 Å². The first-order chi connectivity index (χ1) is 9.10. The Hall–Kier alpha value is -1.81. The van der Waals surface area contributed by atoms with Crippen LogP contribution in [0, 0.1) is 5.92 Å². The molecular formula is C15H21N3O. The molecule has 1 atom stereocenters. The normalized spacial score (nSPS) is 12.6. The number of carbonyl (C=O) groups excluding carboxylic acids is 1. The second-order valence-corrected chi connectivity index (χ2v) is 4.88. The number of carbonyl (C=O) groups is 1. The Morgan fingerprint density at radius 3 is 2.74 bits per heavy atom. The van der Waals surface area contributed by atoms with Gasteiger partial charge in [-0.1, -0.05) is 25.1 Å². The van der Waals surface area contributed by atoms with Crippen molar-refractivity contribution in [3.63, 3.8) is 0 Å². The number of aromatic nitrogens is 1. The van der Waals surface area contributed by atoms with Gasteiger partial charge in [0.05, 0.1) is 11.6 Å². The fourth-order valence-corrected chi connectivity index (χ4v) is 2.42. The van der Waals surface area contributed by atoms with E-state index in [0.29, 0.717) is 6.54 Å². The molecule has 1 unspecified atom stereocenters. The molecule has 0 aliphatic rings. The van der Waals surface area contributed by atoms with Crippen LogP contribution in [0.15, 0.2) is 30.5 Å². The third-order valence-corrected chi connectivity index (χ3v) is 3.69. The van der Waals surface area contributed by atoms with Crippen LogP contribution in [-0.2, 0) is 11.8 Å². The number of fused-ring (bicyclic) bond motifs is 1. The first-order valence-electron chi connectivity index (χ1n) is 6.61. The molecule has 19 heavy (non-hydrogen) atoms. The van der Waals surface area contributed by atoms with Gasteiger partial charge in [0, 0.05) is 37.7 Å². The van der Waals surface area contributed by atoms with Crippen LogP contribution >= 0.6 is 0 Å². The predicted octanol–water partition coefficient (Wildman–Crippen LogP) is 2.13. The minimum absolute atomic E-state index is 0.0846. The monoisotopic (exact) mass is 259 g/mol. The van der Waals surface area contributed by atoms with Gasteiger partial charge in [-0.3, -0.25) is 4.79 Å². The van der Waals surface area contributed by atoms with Crippen molar-refractivity contribution in [1.82, 2.24) is 4.57 Å². The van der Waals surface area contributed by atoms with E-state index < -0.39 is 0 Å². The molecule has 1 aromatic carbocycles. The lowest BCUT2D eigenvalue weighted by Gasteiger charge is -2.21. The molecule has 0 bridgehead atoms. The maximum absolute atomic E-state index is 12.4. The zero-order valence-electron chi connectivity index (χ0n) is 11.8. The van der Waals surface area contributed by atoms with Gasteiger partial charge in [0.2, 0.25) is 5.91 Å². The van der Waals surface area contributed by atoms with Gasteiger partial charge in [-0.15, -0.1) is 0 Å². The fourth-order valence-electron chi connectivity index (χ4n) is 2.42. The van der Waals surface area contributed by atoms with Gasteiger partial charge >= 0.3 is 0 Å². The molecule has 0 fully saturated rings. The highest BCUT2D eigenvalue weighted by atomic mass is 16.2. The van der Waals surface area contributed by atoms with Gasteiger partial charge < -0.3 is 15.2 Å². The molecular weight excluding hydrogens is 238 g/mol. The molecule has 2 N–H and O–H groups in total. The Balaban J connectivity index is 2.41. The molecule has 102 valence electrons. The maximum atomic E-state index is 12.4. The Kier molecular flexibility index (Phi) is 3.90. The number of hydrogen-bond donors (Lipinski definition) is 1. The molecule has 1 heterocycles. The van der Waals surface area contributed by atoms with Gasteiger partial charge in [0.25, 0.3) is 0 Å². The van der Waals surface area contributed by atoms with E-state index in [1.165, 1.54) is 0 Å². The SMILES string of the molecule is CCC(CN)C(=O)N(C)c1cn(C)c2ccccc12. The van der Waals surface area contributed by atoms with Crippen molar-refractivity contribution in [3.8, 4) is 0 Å². The Labute approximate surface area is 113 Å². The van der Waals surface area contributed by atoms with Gasteiger partial charge in [0.1, 0.15) is 0 Å². The van der Waals surface area contributed by atoms with Crippen molar-refractivity contribution in [2.45, 2.75) is 13.3 Å². The fraction of sp³-hybridized carbons (Fsp3) is 0.400. The van der Waals surface area contributed by atoms with E-state index in [9.17, 15) is 4.79 Å². The number of nitrogens with two attached hydrogens (primary N) is 1. The van der Waals surface area contributed by atoms with E-state index in [4.69, 9.17) is 5.73 Å². The Bertz CT molecular complexity index is 584. The van der Waals surface area contributed by atoms with Crippen LogP contribution in [0.5, 0.6) is 0 Å². The summed E-state index contributed by atoms with van der Waals surface area (Å²) >= 11 is 0. The number of anilines is 1. The van der Waals surface area contributed by atoms with Crippen LogP contribution in [-0.4, -0.2) is 24.1 Å². The van der Waals surface area contributed by atoms with Crippen LogP contribution in [0.4, 0.5) is 5.69 Å². The molecule has 2 rings (SSSR count). The van der Waals surface area contributed by atoms with Crippen molar-refractivity contribution < 1.29 is 4.79 Å². The first kappa shape index (κ1) is 13.6. The second kappa shape index (κ2) is 5.45. The molecule has 4 heteroatoms. The van der Waals surface area contributed by atoms with Gasteiger partial charge in [0.15, 0.2) is 0 Å². The predicted molar refractivity (Wildman–Crippen MR) is 79.2 cm³/mol. The summed E-state index contributed by atoms with van der Waals surface area (Å²) in [7, 11) is 3.81. The molecule has 0 aliphatic carbocycles. The highest BCUT2D eigenvalue weighted by molar-refractivity contribution is 6.04. The summed E-state index contributed by atoms with van der Waals surface area (Å²) in [5.74, 6) is -0.0229. The molecule has 2 aromatic rings. The van der Waals surface area contributed by atoms with E-state index in [1.807, 2.05) is 50.0 Å². The van der Waals surface area contributed by atoms with E-state index in [-0.39, 0.29) is 11.8 Å². The summed E-state index contributed by atoms with van der Waals surface area (Å²) in [6.07, 6.45) is 2.76. The first-order valence-corrected chi connectivity index (χ1v) is 6.61. The Morgan fingerprint density at radius 2 is 2.11 bits per heavy atom. The lowest BCUT2D eigenvalue weighted by molar-refractivity contribution is -0.121. The average Bonchev–Trinajstić information content (AvgIpc) is 2.77. The van der Waals surface area contributed by atoms with Crippen molar-refractivity contribution in [2.24, 2.45) is 18.7 Å². The lowest BCUT2D eigenvalue weighted by atomic mass is 10.1. The number of nitrogens with zero attached hydrogens (tertiary/aromatic N) is 2. The van der Waals surface area contributed by atoms with Crippen molar-refractivity contribution in [1.29, 1.82) is 0 Å². The minimum Gasteiger partial charge on any atom is -0.348 e. The highest BCUT2D eigenvalue weighted by Gasteiger charge is 2.22. The molecule has 1 aromatic heterocycles. The number of benzene rings is 1. The smallest absolute Gasteiger partial charge is 0.231 e. The van der Waals surface area contributed by atoms with Crippen molar-refractivity contribution in [2.75, 3.05) is 18.5 Å². The van der Waals surface area contributed by atoms with E-state index in [1.54, 1.807) is 4.90 Å². The van der Waals surface area contributed by atoms with Crippen LogP contribution in [0.3, 0.4) is 0 Å². The van der Waals surface area contributed by atoms with Crippen molar-refractivity contribution >= 4 is 22.5 Å².